The number of aromatic nitrogens is 2. The van der Waals surface area contributed by atoms with Crippen LogP contribution in [-0.4, -0.2) is 9.97 Å². The van der Waals surface area contributed by atoms with Gasteiger partial charge in [-0.2, -0.15) is 0 Å². The number of rotatable bonds is 1. The van der Waals surface area contributed by atoms with Crippen LogP contribution in [0.15, 0.2) is 12.4 Å². The van der Waals surface area contributed by atoms with Gasteiger partial charge in [0, 0.05) is 18.3 Å². The lowest BCUT2D eigenvalue weighted by atomic mass is 10.2. The molecule has 82 valence electrons. The van der Waals surface area contributed by atoms with E-state index in [1.807, 2.05) is 47.0 Å². The fraction of sp³-hybridized carbons (Fsp3) is 0.667. The smallest absolute Gasteiger partial charge is 0.130 e. The summed E-state index contributed by atoms with van der Waals surface area (Å²) in [5, 5.41) is 0. The second-order valence-electron chi connectivity index (χ2n) is 2.77. The van der Waals surface area contributed by atoms with Crippen LogP contribution in [0.3, 0.4) is 0 Å². The quantitative estimate of drug-likeness (QED) is 0.679. The Balaban J connectivity index is 0. The first-order valence-corrected chi connectivity index (χ1v) is 5.48. The Morgan fingerprint density at radius 1 is 0.929 bits per heavy atom. The summed E-state index contributed by atoms with van der Waals surface area (Å²) in [7, 11) is 0. The molecule has 0 radical (unpaired) electrons. The van der Waals surface area contributed by atoms with Crippen molar-refractivity contribution in [2.24, 2.45) is 0 Å². The van der Waals surface area contributed by atoms with Crippen molar-refractivity contribution in [1.29, 1.82) is 0 Å². The average molecular weight is 196 g/mol. The van der Waals surface area contributed by atoms with Gasteiger partial charge in [0.05, 0.1) is 0 Å². The van der Waals surface area contributed by atoms with Crippen molar-refractivity contribution in [1.82, 2.24) is 9.97 Å². The molecule has 14 heavy (non-hydrogen) atoms. The minimum absolute atomic E-state index is 0.431. The molecule has 1 aromatic rings. The van der Waals surface area contributed by atoms with E-state index in [2.05, 4.69) is 23.8 Å². The van der Waals surface area contributed by atoms with E-state index in [1.54, 1.807) is 0 Å². The minimum Gasteiger partial charge on any atom is -0.241 e. The SMILES string of the molecule is CC.CC.Cc1cnc(C(C)C)nc1. The van der Waals surface area contributed by atoms with Gasteiger partial charge in [0.1, 0.15) is 5.82 Å². The summed E-state index contributed by atoms with van der Waals surface area (Å²) in [5.74, 6) is 1.35. The molecular formula is C12H24N2. The molecule has 0 spiro atoms. The van der Waals surface area contributed by atoms with Crippen LogP contribution in [0.2, 0.25) is 0 Å². The largest absolute Gasteiger partial charge is 0.241 e. The molecule has 0 saturated heterocycles. The van der Waals surface area contributed by atoms with Crippen LogP contribution in [0.25, 0.3) is 0 Å². The van der Waals surface area contributed by atoms with Gasteiger partial charge in [0.15, 0.2) is 0 Å². The molecule has 0 aliphatic rings. The van der Waals surface area contributed by atoms with Crippen molar-refractivity contribution in [3.8, 4) is 0 Å². The Morgan fingerprint density at radius 3 is 1.57 bits per heavy atom. The molecule has 2 heteroatoms. The molecular weight excluding hydrogens is 172 g/mol. The lowest BCUT2D eigenvalue weighted by Crippen LogP contribution is -1.95. The van der Waals surface area contributed by atoms with Crippen LogP contribution in [0, 0.1) is 6.92 Å². The van der Waals surface area contributed by atoms with Gasteiger partial charge in [-0.1, -0.05) is 41.5 Å². The topological polar surface area (TPSA) is 25.8 Å². The van der Waals surface area contributed by atoms with E-state index in [1.165, 1.54) is 0 Å². The highest BCUT2D eigenvalue weighted by molar-refractivity contribution is 5.03. The van der Waals surface area contributed by atoms with E-state index in [4.69, 9.17) is 0 Å². The molecule has 0 aliphatic carbocycles. The van der Waals surface area contributed by atoms with E-state index in [9.17, 15) is 0 Å². The van der Waals surface area contributed by atoms with Gasteiger partial charge in [-0.3, -0.25) is 0 Å². The summed E-state index contributed by atoms with van der Waals surface area (Å²) in [5.41, 5.74) is 1.12. The molecule has 0 amide bonds. The van der Waals surface area contributed by atoms with E-state index >= 15 is 0 Å². The summed E-state index contributed by atoms with van der Waals surface area (Å²) in [6, 6.07) is 0. The lowest BCUT2D eigenvalue weighted by molar-refractivity contribution is 0.771. The molecule has 0 aromatic carbocycles. The second kappa shape index (κ2) is 10.2. The molecule has 1 rings (SSSR count). The van der Waals surface area contributed by atoms with E-state index < -0.39 is 0 Å². The summed E-state index contributed by atoms with van der Waals surface area (Å²) < 4.78 is 0. The van der Waals surface area contributed by atoms with Crippen molar-refractivity contribution in [3.63, 3.8) is 0 Å². The molecule has 0 unspecified atom stereocenters. The van der Waals surface area contributed by atoms with Crippen molar-refractivity contribution < 1.29 is 0 Å². The molecule has 0 saturated carbocycles. The molecule has 1 aromatic heterocycles. The van der Waals surface area contributed by atoms with Gasteiger partial charge >= 0.3 is 0 Å². The highest BCUT2D eigenvalue weighted by Crippen LogP contribution is 2.06. The normalized spacial score (nSPS) is 8.29. The van der Waals surface area contributed by atoms with E-state index in [0.29, 0.717) is 5.92 Å². The molecule has 0 atom stereocenters. The van der Waals surface area contributed by atoms with Crippen molar-refractivity contribution in [2.45, 2.75) is 54.4 Å². The summed E-state index contributed by atoms with van der Waals surface area (Å²) in [6.45, 7) is 14.2. The first-order chi connectivity index (χ1) is 6.70. The predicted octanol–water partition coefficient (Wildman–Crippen LogP) is 3.96. The highest BCUT2D eigenvalue weighted by Gasteiger charge is 1.99. The maximum absolute atomic E-state index is 4.17. The fourth-order valence-corrected chi connectivity index (χ4v) is 0.701. The van der Waals surface area contributed by atoms with Crippen molar-refractivity contribution in [2.75, 3.05) is 0 Å². The third-order valence-electron chi connectivity index (χ3n) is 1.32. The summed E-state index contributed by atoms with van der Waals surface area (Å²) in [4.78, 5) is 8.33. The van der Waals surface area contributed by atoms with Gasteiger partial charge in [0.25, 0.3) is 0 Å². The standard InChI is InChI=1S/C8H12N2.2C2H6/c1-6(2)8-9-4-7(3)5-10-8;2*1-2/h4-6H,1-3H3;2*1-2H3. The van der Waals surface area contributed by atoms with E-state index in [-0.39, 0.29) is 0 Å². The Bertz CT molecular complexity index is 202. The lowest BCUT2D eigenvalue weighted by Gasteiger charge is -2.00. The van der Waals surface area contributed by atoms with Gasteiger partial charge in [-0.25, -0.2) is 9.97 Å². The maximum atomic E-state index is 4.17. The first kappa shape index (κ1) is 15.5. The van der Waals surface area contributed by atoms with Gasteiger partial charge in [-0.05, 0) is 12.5 Å². The minimum atomic E-state index is 0.431. The number of hydrogen-bond acceptors (Lipinski definition) is 2. The number of nitrogens with zero attached hydrogens (tertiary/aromatic N) is 2. The maximum Gasteiger partial charge on any atom is 0.130 e. The van der Waals surface area contributed by atoms with Crippen LogP contribution in [-0.2, 0) is 0 Å². The van der Waals surface area contributed by atoms with Gasteiger partial charge in [-0.15, -0.1) is 0 Å². The second-order valence-corrected chi connectivity index (χ2v) is 2.77. The molecule has 0 bridgehead atoms. The molecule has 1 heterocycles. The van der Waals surface area contributed by atoms with Crippen molar-refractivity contribution in [3.05, 3.63) is 23.8 Å². The Labute approximate surface area is 88.8 Å². The zero-order valence-electron chi connectivity index (χ0n) is 10.6. The molecule has 0 fully saturated rings. The van der Waals surface area contributed by atoms with Crippen LogP contribution >= 0.6 is 0 Å². The molecule has 0 aliphatic heterocycles. The van der Waals surface area contributed by atoms with Crippen LogP contribution in [0.4, 0.5) is 0 Å². The number of aryl methyl sites for hydroxylation is 1. The number of hydrogen-bond donors (Lipinski definition) is 0. The van der Waals surface area contributed by atoms with Gasteiger partial charge < -0.3 is 0 Å². The van der Waals surface area contributed by atoms with E-state index in [0.717, 1.165) is 11.4 Å². The van der Waals surface area contributed by atoms with Crippen molar-refractivity contribution >= 4 is 0 Å². The molecule has 2 nitrogen and oxygen atoms in total. The Morgan fingerprint density at radius 2 is 1.29 bits per heavy atom. The monoisotopic (exact) mass is 196 g/mol. The van der Waals surface area contributed by atoms with Gasteiger partial charge in [0.2, 0.25) is 0 Å². The predicted molar refractivity (Wildman–Crippen MR) is 63.6 cm³/mol. The first-order valence-electron chi connectivity index (χ1n) is 5.48. The molecule has 0 N–H and O–H groups in total. The average Bonchev–Trinajstić information content (AvgIpc) is 2.24. The fourth-order valence-electron chi connectivity index (χ4n) is 0.701. The Kier molecular flexibility index (Phi) is 11.3. The Hall–Kier alpha value is -0.920. The zero-order valence-corrected chi connectivity index (χ0v) is 10.6. The zero-order chi connectivity index (χ0) is 11.6. The summed E-state index contributed by atoms with van der Waals surface area (Å²) >= 11 is 0. The van der Waals surface area contributed by atoms with Crippen LogP contribution in [0.5, 0.6) is 0 Å². The van der Waals surface area contributed by atoms with Crippen LogP contribution in [0.1, 0.15) is 58.8 Å². The third-order valence-corrected chi connectivity index (χ3v) is 1.32. The third kappa shape index (κ3) is 6.58. The highest BCUT2D eigenvalue weighted by atomic mass is 14.9. The summed E-state index contributed by atoms with van der Waals surface area (Å²) in [6.07, 6.45) is 3.70. The van der Waals surface area contributed by atoms with Crippen LogP contribution < -0.4 is 0 Å².